The largest absolute Gasteiger partial charge is 0.350 e. The van der Waals surface area contributed by atoms with Crippen LogP contribution in [0.4, 0.5) is 4.39 Å². The van der Waals surface area contributed by atoms with Crippen molar-refractivity contribution in [3.8, 4) is 0 Å². The lowest BCUT2D eigenvalue weighted by Gasteiger charge is -2.43. The molecule has 4 heteroatoms. The van der Waals surface area contributed by atoms with E-state index in [0.29, 0.717) is 23.6 Å². The number of piperidine rings is 1. The highest BCUT2D eigenvalue weighted by molar-refractivity contribution is 5.94. The minimum atomic E-state index is -0.336. The second kappa shape index (κ2) is 6.78. The van der Waals surface area contributed by atoms with Crippen molar-refractivity contribution in [2.24, 2.45) is 5.92 Å². The number of carbonyl (C=O) groups is 1. The number of likely N-dealkylation sites (tertiary alicyclic amines) is 1. The van der Waals surface area contributed by atoms with Gasteiger partial charge in [0.15, 0.2) is 0 Å². The van der Waals surface area contributed by atoms with E-state index >= 15 is 0 Å². The lowest BCUT2D eigenvalue weighted by atomic mass is 9.93. The number of nitrogens with zero attached hydrogens (tertiary/aromatic N) is 1. The maximum Gasteiger partial charge on any atom is 0.251 e. The Morgan fingerprint density at radius 2 is 2.18 bits per heavy atom. The Hall–Kier alpha value is -1.42. The Morgan fingerprint density at radius 3 is 2.82 bits per heavy atom. The zero-order valence-electron chi connectivity index (χ0n) is 14.1. The second-order valence-electron chi connectivity index (χ2n) is 7.15. The highest BCUT2D eigenvalue weighted by atomic mass is 19.1. The van der Waals surface area contributed by atoms with E-state index in [2.05, 4.69) is 31.0 Å². The smallest absolute Gasteiger partial charge is 0.251 e. The third kappa shape index (κ3) is 4.07. The first-order chi connectivity index (χ1) is 10.3. The first-order valence-electron chi connectivity index (χ1n) is 8.09. The van der Waals surface area contributed by atoms with Gasteiger partial charge in [-0.25, -0.2) is 4.39 Å². The van der Waals surface area contributed by atoms with Crippen molar-refractivity contribution in [3.05, 3.63) is 35.1 Å². The molecule has 1 heterocycles. The molecule has 1 saturated heterocycles. The van der Waals surface area contributed by atoms with Crippen molar-refractivity contribution in [3.63, 3.8) is 0 Å². The molecule has 0 aromatic heterocycles. The maximum atomic E-state index is 13.6. The highest BCUT2D eigenvalue weighted by Crippen LogP contribution is 2.23. The van der Waals surface area contributed by atoms with E-state index in [0.717, 1.165) is 13.1 Å². The van der Waals surface area contributed by atoms with Gasteiger partial charge in [0, 0.05) is 24.2 Å². The lowest BCUT2D eigenvalue weighted by Crippen LogP contribution is -2.54. The molecule has 3 nitrogen and oxygen atoms in total. The molecule has 1 fully saturated rings. The molecule has 22 heavy (non-hydrogen) atoms. The van der Waals surface area contributed by atoms with E-state index in [1.807, 2.05) is 0 Å². The van der Waals surface area contributed by atoms with Crippen LogP contribution in [0.5, 0.6) is 0 Å². The van der Waals surface area contributed by atoms with E-state index in [9.17, 15) is 9.18 Å². The van der Waals surface area contributed by atoms with Gasteiger partial charge in [0.05, 0.1) is 0 Å². The Bertz CT molecular complexity index is 542. The van der Waals surface area contributed by atoms with Crippen molar-refractivity contribution in [2.75, 3.05) is 19.6 Å². The van der Waals surface area contributed by atoms with Gasteiger partial charge in [0.1, 0.15) is 5.82 Å². The summed E-state index contributed by atoms with van der Waals surface area (Å²) < 4.78 is 13.6. The standard InChI is InChI=1S/C18H27FN2O/c1-13-6-5-9-21(11-13)18(3,4)12-20-17(22)15-8-7-14(2)16(19)10-15/h7-8,10,13H,5-6,9,11-12H2,1-4H3,(H,20,22). The van der Waals surface area contributed by atoms with Crippen LogP contribution in [0, 0.1) is 18.7 Å². The summed E-state index contributed by atoms with van der Waals surface area (Å²) in [4.78, 5) is 14.6. The number of aryl methyl sites for hydroxylation is 1. The number of amides is 1. The summed E-state index contributed by atoms with van der Waals surface area (Å²) in [6.07, 6.45) is 2.49. The van der Waals surface area contributed by atoms with Gasteiger partial charge >= 0.3 is 0 Å². The topological polar surface area (TPSA) is 32.3 Å². The molecule has 1 aliphatic rings. The van der Waals surface area contributed by atoms with Crippen LogP contribution in [0.1, 0.15) is 49.5 Å². The van der Waals surface area contributed by atoms with E-state index in [-0.39, 0.29) is 17.3 Å². The Morgan fingerprint density at radius 1 is 1.45 bits per heavy atom. The number of carbonyl (C=O) groups excluding carboxylic acids is 1. The molecule has 2 rings (SSSR count). The molecular weight excluding hydrogens is 279 g/mol. The van der Waals surface area contributed by atoms with Crippen LogP contribution in [0.3, 0.4) is 0 Å². The SMILES string of the molecule is Cc1ccc(C(=O)NCC(C)(C)N2CCCC(C)C2)cc1F. The van der Waals surface area contributed by atoms with Crippen LogP contribution in [-0.4, -0.2) is 36.0 Å². The zero-order chi connectivity index (χ0) is 16.3. The van der Waals surface area contributed by atoms with Gasteiger partial charge in [0.2, 0.25) is 0 Å². The molecule has 1 aromatic rings. The van der Waals surface area contributed by atoms with Crippen LogP contribution < -0.4 is 5.32 Å². The number of nitrogens with one attached hydrogen (secondary N) is 1. The summed E-state index contributed by atoms with van der Waals surface area (Å²) in [7, 11) is 0. The van der Waals surface area contributed by atoms with Gasteiger partial charge in [-0.3, -0.25) is 9.69 Å². The van der Waals surface area contributed by atoms with E-state index in [4.69, 9.17) is 0 Å². The van der Waals surface area contributed by atoms with Crippen molar-refractivity contribution in [2.45, 2.75) is 46.1 Å². The monoisotopic (exact) mass is 306 g/mol. The molecular formula is C18H27FN2O. The van der Waals surface area contributed by atoms with E-state index < -0.39 is 0 Å². The van der Waals surface area contributed by atoms with Crippen molar-refractivity contribution < 1.29 is 9.18 Å². The predicted octanol–water partition coefficient (Wildman–Crippen LogP) is 3.37. The third-order valence-corrected chi connectivity index (χ3v) is 4.63. The fourth-order valence-corrected chi connectivity index (χ4v) is 2.98. The molecule has 0 saturated carbocycles. The summed E-state index contributed by atoms with van der Waals surface area (Å²) >= 11 is 0. The van der Waals surface area contributed by atoms with E-state index in [1.165, 1.54) is 18.9 Å². The minimum absolute atomic E-state index is 0.0897. The molecule has 0 aliphatic carbocycles. The van der Waals surface area contributed by atoms with Crippen LogP contribution in [0.2, 0.25) is 0 Å². The Labute approximate surface area is 132 Å². The van der Waals surface area contributed by atoms with Gasteiger partial charge in [-0.2, -0.15) is 0 Å². The highest BCUT2D eigenvalue weighted by Gasteiger charge is 2.30. The maximum absolute atomic E-state index is 13.6. The van der Waals surface area contributed by atoms with Gasteiger partial charge in [-0.1, -0.05) is 13.0 Å². The number of hydrogen-bond acceptors (Lipinski definition) is 2. The lowest BCUT2D eigenvalue weighted by molar-refractivity contribution is 0.0657. The first-order valence-corrected chi connectivity index (χ1v) is 8.09. The number of rotatable bonds is 4. The summed E-state index contributed by atoms with van der Waals surface area (Å²) in [5, 5.41) is 2.95. The predicted molar refractivity (Wildman–Crippen MR) is 87.5 cm³/mol. The van der Waals surface area contributed by atoms with Gasteiger partial charge < -0.3 is 5.32 Å². The molecule has 1 atom stereocenters. The molecule has 1 amide bonds. The Balaban J connectivity index is 1.95. The average Bonchev–Trinajstić information content (AvgIpc) is 2.48. The van der Waals surface area contributed by atoms with Crippen LogP contribution in [0.25, 0.3) is 0 Å². The third-order valence-electron chi connectivity index (χ3n) is 4.63. The number of hydrogen-bond donors (Lipinski definition) is 1. The van der Waals surface area contributed by atoms with Crippen molar-refractivity contribution >= 4 is 5.91 Å². The number of halogens is 1. The van der Waals surface area contributed by atoms with Crippen LogP contribution in [0.15, 0.2) is 18.2 Å². The molecule has 1 aliphatic heterocycles. The fourth-order valence-electron chi connectivity index (χ4n) is 2.98. The fraction of sp³-hybridized carbons (Fsp3) is 0.611. The number of benzene rings is 1. The molecule has 1 aromatic carbocycles. The quantitative estimate of drug-likeness (QED) is 0.925. The van der Waals surface area contributed by atoms with E-state index in [1.54, 1.807) is 19.1 Å². The molecule has 1 N–H and O–H groups in total. The van der Waals surface area contributed by atoms with Gasteiger partial charge in [0.25, 0.3) is 5.91 Å². The van der Waals surface area contributed by atoms with Crippen molar-refractivity contribution in [1.29, 1.82) is 0 Å². The summed E-state index contributed by atoms with van der Waals surface area (Å²) in [6.45, 7) is 11.0. The normalized spacial score (nSPS) is 20.0. The minimum Gasteiger partial charge on any atom is -0.350 e. The molecule has 122 valence electrons. The first kappa shape index (κ1) is 16.9. The van der Waals surface area contributed by atoms with Crippen LogP contribution in [-0.2, 0) is 0 Å². The summed E-state index contributed by atoms with van der Waals surface area (Å²) in [5.74, 6) is 0.156. The molecule has 0 radical (unpaired) electrons. The van der Waals surface area contributed by atoms with Crippen LogP contribution >= 0.6 is 0 Å². The van der Waals surface area contributed by atoms with Gasteiger partial charge in [-0.05, 0) is 63.8 Å². The average molecular weight is 306 g/mol. The Kier molecular flexibility index (Phi) is 5.22. The summed E-state index contributed by atoms with van der Waals surface area (Å²) in [6, 6.07) is 4.62. The molecule has 0 spiro atoms. The van der Waals surface area contributed by atoms with Gasteiger partial charge in [-0.15, -0.1) is 0 Å². The molecule has 0 bridgehead atoms. The van der Waals surface area contributed by atoms with Crippen molar-refractivity contribution in [1.82, 2.24) is 10.2 Å². The zero-order valence-corrected chi connectivity index (χ0v) is 14.1. The second-order valence-corrected chi connectivity index (χ2v) is 7.15. The summed E-state index contributed by atoms with van der Waals surface area (Å²) in [5.41, 5.74) is 0.846. The molecule has 1 unspecified atom stereocenters.